The molecule has 9 nitrogen and oxygen atoms in total. The Morgan fingerprint density at radius 3 is 2.23 bits per heavy atom. The van der Waals surface area contributed by atoms with Crippen molar-refractivity contribution in [3.05, 3.63) is 56.6 Å². The van der Waals surface area contributed by atoms with Crippen LogP contribution in [0.25, 0.3) is 0 Å². The quantitative estimate of drug-likeness (QED) is 0.340. The van der Waals surface area contributed by atoms with Crippen molar-refractivity contribution in [3.8, 4) is 17.2 Å². The Bertz CT molecular complexity index is 921. The molecule has 0 atom stereocenters. The maximum absolute atomic E-state index is 12.5. The van der Waals surface area contributed by atoms with Crippen LogP contribution in [0.5, 0.6) is 17.2 Å². The fraction of sp³-hybridized carbons (Fsp3) is 0.300. The largest absolute Gasteiger partial charge is 0.490 e. The summed E-state index contributed by atoms with van der Waals surface area (Å²) in [6.07, 6.45) is 1.28. The smallest absolute Gasteiger partial charge is 0.288 e. The van der Waals surface area contributed by atoms with E-state index in [-0.39, 0.29) is 16.3 Å². The average Bonchev–Trinajstić information content (AvgIpc) is 2.71. The van der Waals surface area contributed by atoms with Crippen LogP contribution in [0.3, 0.4) is 0 Å². The molecular formula is C20H22ClN3O6. The SMILES string of the molecule is CCOc1cc(C(=O)NN=Cc2ccc(Cl)c([N+](=O)[O-])c2)cc(OCC)c1OCC. The molecule has 1 amide bonds. The van der Waals surface area contributed by atoms with Crippen molar-refractivity contribution in [2.45, 2.75) is 20.8 Å². The number of hydrogen-bond acceptors (Lipinski definition) is 7. The number of hydrazone groups is 1. The number of halogens is 1. The highest BCUT2D eigenvalue weighted by molar-refractivity contribution is 6.32. The van der Waals surface area contributed by atoms with E-state index in [0.29, 0.717) is 42.6 Å². The predicted octanol–water partition coefficient (Wildman–Crippen LogP) is 4.21. The fourth-order valence-electron chi connectivity index (χ4n) is 2.50. The summed E-state index contributed by atoms with van der Waals surface area (Å²) in [4.78, 5) is 22.9. The molecular weight excluding hydrogens is 414 g/mol. The number of amides is 1. The van der Waals surface area contributed by atoms with Gasteiger partial charge < -0.3 is 14.2 Å². The summed E-state index contributed by atoms with van der Waals surface area (Å²) in [5, 5.41) is 14.8. The van der Waals surface area contributed by atoms with E-state index in [9.17, 15) is 14.9 Å². The maximum Gasteiger partial charge on any atom is 0.288 e. The third-order valence-electron chi connectivity index (χ3n) is 3.72. The number of nitro benzene ring substituents is 1. The minimum absolute atomic E-state index is 0.0162. The number of nitrogens with one attached hydrogen (secondary N) is 1. The van der Waals surface area contributed by atoms with E-state index in [1.807, 2.05) is 20.8 Å². The highest BCUT2D eigenvalue weighted by atomic mass is 35.5. The van der Waals surface area contributed by atoms with Gasteiger partial charge in [0.25, 0.3) is 11.6 Å². The van der Waals surface area contributed by atoms with Gasteiger partial charge in [-0.1, -0.05) is 17.7 Å². The van der Waals surface area contributed by atoms with Crippen LogP contribution in [0.1, 0.15) is 36.7 Å². The first-order chi connectivity index (χ1) is 14.4. The molecule has 0 radical (unpaired) electrons. The number of carbonyl (C=O) groups excluding carboxylic acids is 1. The fourth-order valence-corrected chi connectivity index (χ4v) is 2.69. The first kappa shape index (κ1) is 23.0. The normalized spacial score (nSPS) is 10.7. The Hall–Kier alpha value is -3.33. The Morgan fingerprint density at radius 2 is 1.70 bits per heavy atom. The second-order valence-corrected chi connectivity index (χ2v) is 6.17. The summed E-state index contributed by atoms with van der Waals surface area (Å²) < 4.78 is 16.8. The molecule has 0 aromatic heterocycles. The molecule has 30 heavy (non-hydrogen) atoms. The molecule has 1 N–H and O–H groups in total. The standard InChI is InChI=1S/C20H22ClN3O6/c1-4-28-17-10-14(11-18(29-5-2)19(17)30-6-3)20(25)23-22-12-13-7-8-15(21)16(9-13)24(26)27/h7-12H,4-6H2,1-3H3,(H,23,25). The van der Waals surface area contributed by atoms with Gasteiger partial charge in [-0.25, -0.2) is 5.43 Å². The van der Waals surface area contributed by atoms with Crippen LogP contribution in [-0.4, -0.2) is 36.9 Å². The Balaban J connectivity index is 2.24. The lowest BCUT2D eigenvalue weighted by Gasteiger charge is -2.16. The first-order valence-electron chi connectivity index (χ1n) is 9.24. The average molecular weight is 436 g/mol. The minimum atomic E-state index is -0.595. The van der Waals surface area contributed by atoms with Crippen molar-refractivity contribution in [2.75, 3.05) is 19.8 Å². The number of carbonyl (C=O) groups is 1. The monoisotopic (exact) mass is 435 g/mol. The lowest BCUT2D eigenvalue weighted by atomic mass is 10.1. The number of hydrogen-bond donors (Lipinski definition) is 1. The van der Waals surface area contributed by atoms with Crippen LogP contribution in [0.4, 0.5) is 5.69 Å². The van der Waals surface area contributed by atoms with Gasteiger partial charge >= 0.3 is 0 Å². The molecule has 160 valence electrons. The first-order valence-corrected chi connectivity index (χ1v) is 9.62. The lowest BCUT2D eigenvalue weighted by molar-refractivity contribution is -0.384. The Kier molecular flexibility index (Phi) is 8.42. The zero-order valence-electron chi connectivity index (χ0n) is 16.8. The van der Waals surface area contributed by atoms with Gasteiger partial charge in [0.2, 0.25) is 5.75 Å². The van der Waals surface area contributed by atoms with E-state index < -0.39 is 10.8 Å². The van der Waals surface area contributed by atoms with Crippen LogP contribution in [-0.2, 0) is 0 Å². The van der Waals surface area contributed by atoms with Gasteiger partial charge in [-0.3, -0.25) is 14.9 Å². The van der Waals surface area contributed by atoms with Gasteiger partial charge in [0.1, 0.15) is 5.02 Å². The van der Waals surface area contributed by atoms with E-state index >= 15 is 0 Å². The topological polar surface area (TPSA) is 112 Å². The third-order valence-corrected chi connectivity index (χ3v) is 4.04. The van der Waals surface area contributed by atoms with Gasteiger partial charge in [-0.15, -0.1) is 0 Å². The van der Waals surface area contributed by atoms with Crippen LogP contribution in [0, 0.1) is 10.1 Å². The zero-order chi connectivity index (χ0) is 22.1. The molecule has 0 heterocycles. The number of nitrogens with zero attached hydrogens (tertiary/aromatic N) is 2. The van der Waals surface area contributed by atoms with E-state index in [4.69, 9.17) is 25.8 Å². The number of rotatable bonds is 10. The molecule has 2 rings (SSSR count). The summed E-state index contributed by atoms with van der Waals surface area (Å²) in [6, 6.07) is 7.26. The summed E-state index contributed by atoms with van der Waals surface area (Å²) in [7, 11) is 0. The van der Waals surface area contributed by atoms with Crippen LogP contribution in [0.2, 0.25) is 5.02 Å². The summed E-state index contributed by atoms with van der Waals surface area (Å²) in [5.74, 6) is 0.676. The molecule has 0 saturated carbocycles. The second kappa shape index (κ2) is 11.0. The summed E-state index contributed by atoms with van der Waals surface area (Å²) in [6.45, 7) is 6.64. The van der Waals surface area contributed by atoms with E-state index in [2.05, 4.69) is 10.5 Å². The van der Waals surface area contributed by atoms with Crippen molar-refractivity contribution >= 4 is 29.4 Å². The molecule has 10 heteroatoms. The molecule has 2 aromatic rings. The number of nitro groups is 1. The molecule has 0 bridgehead atoms. The van der Waals surface area contributed by atoms with E-state index in [0.717, 1.165) is 0 Å². The van der Waals surface area contributed by atoms with Gasteiger partial charge in [0.05, 0.1) is 31.0 Å². The lowest BCUT2D eigenvalue weighted by Crippen LogP contribution is -2.18. The Morgan fingerprint density at radius 1 is 1.10 bits per heavy atom. The summed E-state index contributed by atoms with van der Waals surface area (Å²) in [5.41, 5.74) is 2.79. The van der Waals surface area contributed by atoms with Gasteiger partial charge in [-0.05, 0) is 39.0 Å². The van der Waals surface area contributed by atoms with Crippen LogP contribution < -0.4 is 19.6 Å². The highest BCUT2D eigenvalue weighted by Crippen LogP contribution is 2.39. The molecule has 0 spiro atoms. The van der Waals surface area contributed by atoms with Crippen molar-refractivity contribution < 1.29 is 23.9 Å². The highest BCUT2D eigenvalue weighted by Gasteiger charge is 2.18. The molecule has 0 aliphatic rings. The van der Waals surface area contributed by atoms with Crippen molar-refractivity contribution in [1.82, 2.24) is 5.43 Å². The third kappa shape index (κ3) is 5.84. The van der Waals surface area contributed by atoms with Gasteiger partial charge in [-0.2, -0.15) is 5.10 Å². The zero-order valence-corrected chi connectivity index (χ0v) is 17.6. The van der Waals surface area contributed by atoms with Gasteiger partial charge in [0, 0.05) is 17.2 Å². The van der Waals surface area contributed by atoms with Gasteiger partial charge in [0.15, 0.2) is 11.5 Å². The minimum Gasteiger partial charge on any atom is -0.490 e. The molecule has 0 saturated heterocycles. The molecule has 0 unspecified atom stereocenters. The molecule has 2 aromatic carbocycles. The number of benzene rings is 2. The van der Waals surface area contributed by atoms with Crippen molar-refractivity contribution in [2.24, 2.45) is 5.10 Å². The van der Waals surface area contributed by atoms with Crippen molar-refractivity contribution in [3.63, 3.8) is 0 Å². The van der Waals surface area contributed by atoms with E-state index in [1.54, 1.807) is 6.07 Å². The van der Waals surface area contributed by atoms with Crippen LogP contribution in [0.15, 0.2) is 35.4 Å². The number of ether oxygens (including phenoxy) is 3. The predicted molar refractivity (Wildman–Crippen MR) is 113 cm³/mol. The maximum atomic E-state index is 12.5. The van der Waals surface area contributed by atoms with Crippen molar-refractivity contribution in [1.29, 1.82) is 0 Å². The second-order valence-electron chi connectivity index (χ2n) is 5.77. The Labute approximate surface area is 178 Å². The van der Waals surface area contributed by atoms with E-state index in [1.165, 1.54) is 30.5 Å². The molecule has 0 aliphatic heterocycles. The molecule has 0 aliphatic carbocycles. The van der Waals surface area contributed by atoms with Crippen LogP contribution >= 0.6 is 11.6 Å². The summed E-state index contributed by atoms with van der Waals surface area (Å²) >= 11 is 5.78. The molecule has 0 fully saturated rings.